The number of alkyl halides is 3. The Morgan fingerprint density at radius 3 is 2.43 bits per heavy atom. The third kappa shape index (κ3) is 2.13. The summed E-state index contributed by atoms with van der Waals surface area (Å²) in [6.45, 7) is 0. The summed E-state index contributed by atoms with van der Waals surface area (Å²) in [5, 5.41) is 0. The van der Waals surface area contributed by atoms with Crippen molar-refractivity contribution < 1.29 is 17.4 Å². The normalized spacial score (nSPS) is 13.9. The van der Waals surface area contributed by atoms with Crippen LogP contribution in [0.5, 0.6) is 0 Å². The summed E-state index contributed by atoms with van der Waals surface area (Å²) in [6.07, 6.45) is 0.724. The number of nitrogens with one attached hydrogen (secondary N) is 1. The molecule has 8 heteroatoms. The fraction of sp³-hybridized carbons (Fsp3) is 0.167. The third-order valence-electron chi connectivity index (χ3n) is 1.33. The summed E-state index contributed by atoms with van der Waals surface area (Å²) in [5.41, 5.74) is -0.918. The Morgan fingerprint density at radius 1 is 1.43 bits per heavy atom. The van der Waals surface area contributed by atoms with Gasteiger partial charge >= 0.3 is 5.51 Å². The molecular weight excluding hydrogens is 221 g/mol. The minimum atomic E-state index is -4.86. The smallest absolute Gasteiger partial charge is 0.394 e. The summed E-state index contributed by atoms with van der Waals surface area (Å²) in [6, 6.07) is 0.739. The Bertz CT molecular complexity index is 426. The fourth-order valence-corrected chi connectivity index (χ4v) is 1.39. The van der Waals surface area contributed by atoms with Crippen molar-refractivity contribution >= 4 is 16.5 Å². The zero-order valence-electron chi connectivity index (χ0n) is 6.59. The summed E-state index contributed by atoms with van der Waals surface area (Å²) in [5.74, 6) is 0. The number of nitrogen functional groups attached to an aromatic ring is 1. The molecule has 0 unspecified atom stereocenters. The Balaban J connectivity index is 3.16. The van der Waals surface area contributed by atoms with Crippen LogP contribution in [-0.4, -0.2) is 14.7 Å². The molecule has 0 saturated carbocycles. The van der Waals surface area contributed by atoms with Gasteiger partial charge in [-0.2, -0.15) is 13.2 Å². The molecule has 0 bridgehead atoms. The van der Waals surface area contributed by atoms with Crippen molar-refractivity contribution in [2.45, 2.75) is 10.4 Å². The molecule has 0 aliphatic carbocycles. The molecule has 0 aliphatic heterocycles. The molecule has 0 spiro atoms. The second kappa shape index (κ2) is 3.45. The Hall–Kier alpha value is -1.31. The van der Waals surface area contributed by atoms with E-state index < -0.39 is 32.5 Å². The summed E-state index contributed by atoms with van der Waals surface area (Å²) < 4.78 is 46.5. The van der Waals surface area contributed by atoms with E-state index in [4.69, 9.17) is 5.73 Å². The van der Waals surface area contributed by atoms with Crippen LogP contribution >= 0.6 is 0 Å². The molecule has 4 nitrogen and oxygen atoms in total. The zero-order chi connectivity index (χ0) is 10.9. The molecule has 1 aromatic rings. The summed E-state index contributed by atoms with van der Waals surface area (Å²) >= 11 is 0. The highest BCUT2D eigenvalue weighted by Crippen LogP contribution is 2.25. The molecule has 1 heterocycles. The lowest BCUT2D eigenvalue weighted by Crippen LogP contribution is -2.19. The molecule has 3 N–H and O–H groups in total. The van der Waals surface area contributed by atoms with Crippen LogP contribution in [0.25, 0.3) is 0 Å². The van der Waals surface area contributed by atoms with Crippen LogP contribution < -0.4 is 11.3 Å². The predicted molar refractivity (Wildman–Crippen MR) is 43.9 cm³/mol. The van der Waals surface area contributed by atoms with E-state index in [2.05, 4.69) is 0 Å². The SMILES string of the molecule is Nc1cc([S@](=O)C(F)(F)F)c[nH]c1=O. The molecule has 0 aliphatic rings. The average molecular weight is 226 g/mol. The van der Waals surface area contributed by atoms with Gasteiger partial charge in [-0.15, -0.1) is 0 Å². The first-order valence-corrected chi connectivity index (χ1v) is 4.44. The predicted octanol–water partition coefficient (Wildman–Crippen LogP) is 0.585. The van der Waals surface area contributed by atoms with Gasteiger partial charge in [-0.25, -0.2) is 4.21 Å². The van der Waals surface area contributed by atoms with Gasteiger partial charge in [0, 0.05) is 6.20 Å². The lowest BCUT2D eigenvalue weighted by molar-refractivity contribution is -0.0384. The van der Waals surface area contributed by atoms with Crippen molar-refractivity contribution in [1.29, 1.82) is 0 Å². The van der Waals surface area contributed by atoms with Crippen molar-refractivity contribution in [3.05, 3.63) is 22.6 Å². The van der Waals surface area contributed by atoms with Gasteiger partial charge in [-0.1, -0.05) is 0 Å². The van der Waals surface area contributed by atoms with E-state index in [9.17, 15) is 22.2 Å². The van der Waals surface area contributed by atoms with Gasteiger partial charge in [0.05, 0.1) is 10.6 Å². The number of pyridine rings is 1. The molecule has 78 valence electrons. The maximum Gasteiger partial charge on any atom is 0.475 e. The lowest BCUT2D eigenvalue weighted by atomic mass is 10.4. The van der Waals surface area contributed by atoms with E-state index in [1.54, 1.807) is 0 Å². The zero-order valence-corrected chi connectivity index (χ0v) is 7.41. The molecule has 0 radical (unpaired) electrons. The van der Waals surface area contributed by atoms with Crippen molar-refractivity contribution in [2.24, 2.45) is 0 Å². The van der Waals surface area contributed by atoms with Crippen molar-refractivity contribution in [2.75, 3.05) is 5.73 Å². The first-order valence-electron chi connectivity index (χ1n) is 3.29. The van der Waals surface area contributed by atoms with Crippen molar-refractivity contribution in [3.63, 3.8) is 0 Å². The number of aromatic nitrogens is 1. The number of nitrogens with two attached hydrogens (primary N) is 1. The second-order valence-electron chi connectivity index (χ2n) is 2.33. The lowest BCUT2D eigenvalue weighted by Gasteiger charge is -2.05. The van der Waals surface area contributed by atoms with E-state index in [0.29, 0.717) is 0 Å². The first-order chi connectivity index (χ1) is 6.32. The van der Waals surface area contributed by atoms with Crippen LogP contribution in [0.4, 0.5) is 18.9 Å². The van der Waals surface area contributed by atoms with Gasteiger partial charge in [-0.05, 0) is 6.07 Å². The number of H-pyrrole nitrogens is 1. The van der Waals surface area contributed by atoms with Crippen molar-refractivity contribution in [1.82, 2.24) is 4.98 Å². The maximum absolute atomic E-state index is 11.9. The summed E-state index contributed by atoms with van der Waals surface area (Å²) in [7, 11) is -3.17. The van der Waals surface area contributed by atoms with Gasteiger partial charge in [-0.3, -0.25) is 4.79 Å². The van der Waals surface area contributed by atoms with E-state index in [0.717, 1.165) is 12.3 Å². The molecule has 0 fully saturated rings. The standard InChI is InChI=1S/C6H5F3N2O2S/c7-6(8,9)14(13)3-1-4(10)5(12)11-2-3/h1-2H,10H2,(H,11,12)/t14-/m0/s1. The highest BCUT2D eigenvalue weighted by molar-refractivity contribution is 7.86. The highest BCUT2D eigenvalue weighted by Gasteiger charge is 2.38. The van der Waals surface area contributed by atoms with E-state index >= 15 is 0 Å². The van der Waals surface area contributed by atoms with E-state index in [1.165, 1.54) is 0 Å². The number of anilines is 1. The second-order valence-corrected chi connectivity index (χ2v) is 3.81. The van der Waals surface area contributed by atoms with E-state index in [-0.39, 0.29) is 0 Å². The van der Waals surface area contributed by atoms with Crippen LogP contribution in [0.1, 0.15) is 0 Å². The van der Waals surface area contributed by atoms with E-state index in [1.807, 2.05) is 4.98 Å². The molecule has 14 heavy (non-hydrogen) atoms. The third-order valence-corrected chi connectivity index (χ3v) is 2.41. The number of hydrogen-bond donors (Lipinski definition) is 2. The minimum absolute atomic E-state index is 0.403. The Morgan fingerprint density at radius 2 is 2.00 bits per heavy atom. The quantitative estimate of drug-likeness (QED) is 0.735. The summed E-state index contributed by atoms with van der Waals surface area (Å²) in [4.78, 5) is 12.1. The van der Waals surface area contributed by atoms with Gasteiger partial charge in [0.2, 0.25) is 0 Å². The first kappa shape index (κ1) is 10.8. The molecule has 0 aromatic carbocycles. The topological polar surface area (TPSA) is 76.0 Å². The molecule has 0 saturated heterocycles. The fourth-order valence-electron chi connectivity index (χ4n) is 0.721. The number of aromatic amines is 1. The monoisotopic (exact) mass is 226 g/mol. The van der Waals surface area contributed by atoms with Gasteiger partial charge in [0.25, 0.3) is 5.56 Å². The minimum Gasteiger partial charge on any atom is -0.394 e. The molecule has 1 aromatic heterocycles. The van der Waals surface area contributed by atoms with Crippen LogP contribution in [0.2, 0.25) is 0 Å². The molecule has 1 atom stereocenters. The van der Waals surface area contributed by atoms with Gasteiger partial charge in [0.15, 0.2) is 10.8 Å². The number of rotatable bonds is 1. The largest absolute Gasteiger partial charge is 0.475 e. The molecular formula is C6H5F3N2O2S. The van der Waals surface area contributed by atoms with Crippen LogP contribution in [-0.2, 0) is 10.8 Å². The number of hydrogen-bond acceptors (Lipinski definition) is 3. The van der Waals surface area contributed by atoms with Gasteiger partial charge in [0.1, 0.15) is 0 Å². The van der Waals surface area contributed by atoms with Crippen LogP contribution in [0, 0.1) is 0 Å². The highest BCUT2D eigenvalue weighted by atomic mass is 32.2. The Labute approximate surface area is 78.4 Å². The Kier molecular flexibility index (Phi) is 2.65. The van der Waals surface area contributed by atoms with Crippen LogP contribution in [0.15, 0.2) is 22.0 Å². The molecule has 1 rings (SSSR count). The average Bonchev–Trinajstić information content (AvgIpc) is 2.07. The molecule has 0 amide bonds. The van der Waals surface area contributed by atoms with Gasteiger partial charge < -0.3 is 10.7 Å². The van der Waals surface area contributed by atoms with Crippen LogP contribution in [0.3, 0.4) is 0 Å². The maximum atomic E-state index is 11.9. The number of halogens is 3. The van der Waals surface area contributed by atoms with Crippen molar-refractivity contribution in [3.8, 4) is 0 Å².